The number of carbonyl (C=O) groups excluding carboxylic acids is 1. The second kappa shape index (κ2) is 5.19. The van der Waals surface area contributed by atoms with Crippen molar-refractivity contribution in [2.75, 3.05) is 14.1 Å². The zero-order valence-corrected chi connectivity index (χ0v) is 9.36. The van der Waals surface area contributed by atoms with Crippen LogP contribution in [-0.2, 0) is 11.3 Å². The van der Waals surface area contributed by atoms with E-state index in [2.05, 4.69) is 4.74 Å². The Morgan fingerprint density at radius 1 is 0.944 bits per heavy atom. The molecule has 1 amide bonds. The van der Waals surface area contributed by atoms with Crippen molar-refractivity contribution in [2.24, 2.45) is 0 Å². The van der Waals surface area contributed by atoms with Gasteiger partial charge in [0.25, 0.3) is 0 Å². The number of nitrogens with zero attached hydrogens (tertiary/aromatic N) is 1. The Labute approximate surface area is 98.8 Å². The Morgan fingerprint density at radius 3 is 1.72 bits per heavy atom. The van der Waals surface area contributed by atoms with Crippen LogP contribution in [-0.4, -0.2) is 25.1 Å². The van der Waals surface area contributed by atoms with Gasteiger partial charge in [-0.2, -0.15) is 0 Å². The SMILES string of the molecule is CN(C)C(=O)OCc1c(F)c(F)c(F)c(F)c1F. The number of benzene rings is 1. The summed E-state index contributed by atoms with van der Waals surface area (Å²) in [5, 5.41) is 0. The van der Waals surface area contributed by atoms with E-state index in [1.54, 1.807) is 0 Å². The summed E-state index contributed by atoms with van der Waals surface area (Å²) in [6, 6.07) is 0. The molecule has 0 saturated carbocycles. The molecule has 0 aromatic heterocycles. The highest BCUT2D eigenvalue weighted by atomic mass is 19.2. The number of amides is 1. The van der Waals surface area contributed by atoms with E-state index in [9.17, 15) is 26.7 Å². The summed E-state index contributed by atoms with van der Waals surface area (Å²) in [5.74, 6) is -10.4. The first kappa shape index (κ1) is 14.2. The van der Waals surface area contributed by atoms with Crippen molar-refractivity contribution in [3.8, 4) is 0 Å². The molecule has 0 atom stereocenters. The highest BCUT2D eigenvalue weighted by Gasteiger charge is 2.26. The van der Waals surface area contributed by atoms with Crippen LogP contribution in [0, 0.1) is 29.1 Å². The van der Waals surface area contributed by atoms with Crippen molar-refractivity contribution >= 4 is 6.09 Å². The molecule has 0 fully saturated rings. The molecule has 8 heteroatoms. The van der Waals surface area contributed by atoms with Gasteiger partial charge in [0, 0.05) is 14.1 Å². The quantitative estimate of drug-likeness (QED) is 0.469. The Hall–Kier alpha value is -1.86. The summed E-state index contributed by atoms with van der Waals surface area (Å²) in [5.41, 5.74) is -1.19. The summed E-state index contributed by atoms with van der Waals surface area (Å²) in [4.78, 5) is 11.9. The van der Waals surface area contributed by atoms with Crippen molar-refractivity contribution in [2.45, 2.75) is 6.61 Å². The van der Waals surface area contributed by atoms with Gasteiger partial charge in [-0.25, -0.2) is 26.7 Å². The molecule has 0 saturated heterocycles. The largest absolute Gasteiger partial charge is 0.444 e. The Bertz CT molecular complexity index is 461. The van der Waals surface area contributed by atoms with Crippen LogP contribution in [0.25, 0.3) is 0 Å². The van der Waals surface area contributed by atoms with Crippen LogP contribution < -0.4 is 0 Å². The van der Waals surface area contributed by atoms with Gasteiger partial charge < -0.3 is 9.64 Å². The summed E-state index contributed by atoms with van der Waals surface area (Å²) in [7, 11) is 2.59. The summed E-state index contributed by atoms with van der Waals surface area (Å²) < 4.78 is 68.8. The molecule has 1 aromatic carbocycles. The molecule has 1 aromatic rings. The first-order valence-corrected chi connectivity index (χ1v) is 4.61. The lowest BCUT2D eigenvalue weighted by Gasteiger charge is -2.12. The third-order valence-electron chi connectivity index (χ3n) is 2.01. The fourth-order valence-corrected chi connectivity index (χ4v) is 1.04. The zero-order chi connectivity index (χ0) is 14.0. The van der Waals surface area contributed by atoms with E-state index in [0.29, 0.717) is 0 Å². The normalized spacial score (nSPS) is 10.4. The van der Waals surface area contributed by atoms with Crippen LogP contribution in [0.5, 0.6) is 0 Å². The lowest BCUT2D eigenvalue weighted by atomic mass is 10.2. The molecule has 3 nitrogen and oxygen atoms in total. The summed E-state index contributed by atoms with van der Waals surface area (Å²) in [6.07, 6.45) is -0.973. The Morgan fingerprint density at radius 2 is 1.33 bits per heavy atom. The van der Waals surface area contributed by atoms with Crippen LogP contribution in [0.4, 0.5) is 26.7 Å². The maximum absolute atomic E-state index is 13.1. The van der Waals surface area contributed by atoms with Crippen molar-refractivity contribution < 1.29 is 31.5 Å². The molecule has 18 heavy (non-hydrogen) atoms. The summed E-state index contributed by atoms with van der Waals surface area (Å²) >= 11 is 0. The third-order valence-corrected chi connectivity index (χ3v) is 2.01. The molecule has 0 aliphatic rings. The lowest BCUT2D eigenvalue weighted by Crippen LogP contribution is -2.23. The molecule has 0 spiro atoms. The minimum Gasteiger partial charge on any atom is -0.444 e. The van der Waals surface area contributed by atoms with Crippen LogP contribution in [0.3, 0.4) is 0 Å². The maximum Gasteiger partial charge on any atom is 0.409 e. The fourth-order valence-electron chi connectivity index (χ4n) is 1.04. The van der Waals surface area contributed by atoms with Crippen molar-refractivity contribution in [1.29, 1.82) is 0 Å². The van der Waals surface area contributed by atoms with E-state index >= 15 is 0 Å². The van der Waals surface area contributed by atoms with Gasteiger partial charge in [0.1, 0.15) is 6.61 Å². The Balaban J connectivity index is 3.07. The minimum atomic E-state index is -2.26. The van der Waals surface area contributed by atoms with Gasteiger partial charge in [0.05, 0.1) is 5.56 Å². The highest BCUT2D eigenvalue weighted by molar-refractivity contribution is 5.66. The van der Waals surface area contributed by atoms with E-state index in [-0.39, 0.29) is 0 Å². The first-order valence-electron chi connectivity index (χ1n) is 4.61. The van der Waals surface area contributed by atoms with Gasteiger partial charge in [-0.3, -0.25) is 0 Å². The third kappa shape index (κ3) is 2.52. The van der Waals surface area contributed by atoms with Crippen LogP contribution in [0.2, 0.25) is 0 Å². The Kier molecular flexibility index (Phi) is 4.10. The number of halogens is 5. The molecule has 0 unspecified atom stereocenters. The standard InChI is InChI=1S/C10H8F5NO2/c1-16(2)10(17)18-3-4-5(11)7(13)9(15)8(14)6(4)12/h3H2,1-2H3. The van der Waals surface area contributed by atoms with Gasteiger partial charge in [0.15, 0.2) is 23.3 Å². The second-order valence-electron chi connectivity index (χ2n) is 3.50. The van der Waals surface area contributed by atoms with Crippen LogP contribution in [0.1, 0.15) is 5.56 Å². The molecule has 0 bridgehead atoms. The monoisotopic (exact) mass is 269 g/mol. The van der Waals surface area contributed by atoms with E-state index < -0.39 is 47.3 Å². The number of hydrogen-bond donors (Lipinski definition) is 0. The van der Waals surface area contributed by atoms with Crippen molar-refractivity contribution in [3.05, 3.63) is 34.6 Å². The van der Waals surface area contributed by atoms with Gasteiger partial charge >= 0.3 is 6.09 Å². The topological polar surface area (TPSA) is 29.5 Å². The van der Waals surface area contributed by atoms with E-state index in [4.69, 9.17) is 0 Å². The smallest absolute Gasteiger partial charge is 0.409 e. The van der Waals surface area contributed by atoms with Crippen LogP contribution >= 0.6 is 0 Å². The van der Waals surface area contributed by atoms with E-state index in [0.717, 1.165) is 4.90 Å². The maximum atomic E-state index is 13.1. The molecule has 0 N–H and O–H groups in total. The lowest BCUT2D eigenvalue weighted by molar-refractivity contribution is 0.109. The molecule has 100 valence electrons. The molecule has 0 aliphatic carbocycles. The molecule has 0 aliphatic heterocycles. The average Bonchev–Trinajstić information content (AvgIpc) is 2.33. The average molecular weight is 269 g/mol. The van der Waals surface area contributed by atoms with Gasteiger partial charge in [-0.15, -0.1) is 0 Å². The van der Waals surface area contributed by atoms with E-state index in [1.165, 1.54) is 14.1 Å². The van der Waals surface area contributed by atoms with E-state index in [1.807, 2.05) is 0 Å². The predicted octanol–water partition coefficient (Wildman–Crippen LogP) is 2.58. The molecular weight excluding hydrogens is 261 g/mol. The van der Waals surface area contributed by atoms with Gasteiger partial charge in [-0.1, -0.05) is 0 Å². The van der Waals surface area contributed by atoms with Crippen molar-refractivity contribution in [1.82, 2.24) is 4.90 Å². The first-order chi connectivity index (χ1) is 8.27. The zero-order valence-electron chi connectivity index (χ0n) is 9.36. The minimum absolute atomic E-state index is 0.937. The summed E-state index contributed by atoms with van der Waals surface area (Å²) in [6.45, 7) is -1.05. The molecule has 0 heterocycles. The number of hydrogen-bond acceptors (Lipinski definition) is 2. The van der Waals surface area contributed by atoms with Crippen LogP contribution in [0.15, 0.2) is 0 Å². The number of rotatable bonds is 2. The predicted molar refractivity (Wildman–Crippen MR) is 50.1 cm³/mol. The fraction of sp³-hybridized carbons (Fsp3) is 0.300. The van der Waals surface area contributed by atoms with Crippen molar-refractivity contribution in [3.63, 3.8) is 0 Å². The highest BCUT2D eigenvalue weighted by Crippen LogP contribution is 2.23. The molecular formula is C10H8F5NO2. The second-order valence-corrected chi connectivity index (χ2v) is 3.50. The number of ether oxygens (including phenoxy) is 1. The molecule has 0 radical (unpaired) electrons. The van der Waals surface area contributed by atoms with Gasteiger partial charge in [-0.05, 0) is 0 Å². The molecule has 1 rings (SSSR count). The number of carbonyl (C=O) groups is 1. The van der Waals surface area contributed by atoms with Gasteiger partial charge in [0.2, 0.25) is 5.82 Å².